The van der Waals surface area contributed by atoms with Gasteiger partial charge in [-0.2, -0.15) is 0 Å². The Morgan fingerprint density at radius 1 is 1.17 bits per heavy atom. The highest BCUT2D eigenvalue weighted by atomic mass is 35.5. The minimum Gasteiger partial charge on any atom is -0.298 e. The van der Waals surface area contributed by atoms with Gasteiger partial charge in [0, 0.05) is 28.9 Å². The molecule has 4 aromatic rings. The molecule has 144 valence electrons. The van der Waals surface area contributed by atoms with Crippen LogP contribution >= 0.6 is 22.9 Å². The van der Waals surface area contributed by atoms with Crippen LogP contribution in [0.1, 0.15) is 15.9 Å². The van der Waals surface area contributed by atoms with E-state index >= 15 is 0 Å². The molecule has 29 heavy (non-hydrogen) atoms. The molecule has 1 amide bonds. The number of anilines is 1. The number of rotatable bonds is 4. The third-order valence-corrected chi connectivity index (χ3v) is 5.23. The Labute approximate surface area is 175 Å². The van der Waals surface area contributed by atoms with Crippen LogP contribution < -0.4 is 10.9 Å². The Balaban J connectivity index is 1.59. The molecule has 0 spiro atoms. The van der Waals surface area contributed by atoms with E-state index in [2.05, 4.69) is 15.3 Å². The molecule has 4 rings (SSSR count). The van der Waals surface area contributed by atoms with Gasteiger partial charge >= 0.3 is 0 Å². The van der Waals surface area contributed by atoms with E-state index in [1.165, 1.54) is 34.2 Å². The SMILES string of the molecule is Cc1cccnc1-c1csc(NC(=O)c2ccc(=O)n(-c3cccc(Cl)c3)c2)n1. The van der Waals surface area contributed by atoms with Gasteiger partial charge in [-0.05, 0) is 42.8 Å². The summed E-state index contributed by atoms with van der Waals surface area (Å²) in [7, 11) is 0. The van der Waals surface area contributed by atoms with E-state index in [4.69, 9.17) is 11.6 Å². The zero-order valence-corrected chi connectivity index (χ0v) is 16.9. The van der Waals surface area contributed by atoms with Gasteiger partial charge in [-0.25, -0.2) is 4.98 Å². The first-order chi connectivity index (χ1) is 14.0. The number of nitrogens with one attached hydrogen (secondary N) is 1. The number of carbonyl (C=O) groups excluding carboxylic acids is 1. The summed E-state index contributed by atoms with van der Waals surface area (Å²) in [4.78, 5) is 33.7. The fraction of sp³-hybridized carbons (Fsp3) is 0.0476. The van der Waals surface area contributed by atoms with Crippen LogP contribution in [0.4, 0.5) is 5.13 Å². The van der Waals surface area contributed by atoms with Crippen molar-refractivity contribution in [2.24, 2.45) is 0 Å². The third-order valence-electron chi connectivity index (χ3n) is 4.24. The van der Waals surface area contributed by atoms with Gasteiger partial charge in [0.25, 0.3) is 11.5 Å². The summed E-state index contributed by atoms with van der Waals surface area (Å²) in [5, 5.41) is 5.58. The lowest BCUT2D eigenvalue weighted by molar-refractivity contribution is 0.102. The number of aryl methyl sites for hydroxylation is 1. The van der Waals surface area contributed by atoms with Gasteiger partial charge in [-0.1, -0.05) is 23.7 Å². The molecule has 6 nitrogen and oxygen atoms in total. The summed E-state index contributed by atoms with van der Waals surface area (Å²) in [5.41, 5.74) is 3.14. The largest absolute Gasteiger partial charge is 0.298 e. The molecule has 0 saturated heterocycles. The van der Waals surface area contributed by atoms with Gasteiger partial charge in [0.15, 0.2) is 5.13 Å². The molecule has 3 heterocycles. The van der Waals surface area contributed by atoms with E-state index in [1.54, 1.807) is 30.5 Å². The Bertz CT molecular complexity index is 1270. The monoisotopic (exact) mass is 422 g/mol. The number of halogens is 1. The highest BCUT2D eigenvalue weighted by Gasteiger charge is 2.13. The zero-order valence-electron chi connectivity index (χ0n) is 15.3. The van der Waals surface area contributed by atoms with Crippen molar-refractivity contribution in [3.63, 3.8) is 0 Å². The van der Waals surface area contributed by atoms with Crippen molar-refractivity contribution in [2.75, 3.05) is 5.32 Å². The number of carbonyl (C=O) groups is 1. The van der Waals surface area contributed by atoms with E-state index in [9.17, 15) is 9.59 Å². The number of amides is 1. The molecule has 1 N–H and O–H groups in total. The van der Waals surface area contributed by atoms with Crippen molar-refractivity contribution in [1.29, 1.82) is 0 Å². The first-order valence-corrected chi connectivity index (χ1v) is 9.94. The average Bonchev–Trinajstić information content (AvgIpc) is 3.16. The maximum Gasteiger partial charge on any atom is 0.258 e. The molecule has 0 bridgehead atoms. The maximum atomic E-state index is 12.7. The first kappa shape index (κ1) is 19.0. The fourth-order valence-electron chi connectivity index (χ4n) is 2.81. The maximum absolute atomic E-state index is 12.7. The first-order valence-electron chi connectivity index (χ1n) is 8.69. The Morgan fingerprint density at radius 3 is 2.83 bits per heavy atom. The average molecular weight is 423 g/mol. The van der Waals surface area contributed by atoms with Crippen LogP contribution in [-0.2, 0) is 0 Å². The van der Waals surface area contributed by atoms with Gasteiger partial charge in [0.1, 0.15) is 5.69 Å². The molecular formula is C21H15ClN4O2S. The number of nitrogens with zero attached hydrogens (tertiary/aromatic N) is 3. The summed E-state index contributed by atoms with van der Waals surface area (Å²) < 4.78 is 1.38. The molecule has 0 aliphatic heterocycles. The molecule has 0 saturated carbocycles. The van der Waals surface area contributed by atoms with Crippen LogP contribution in [0.2, 0.25) is 5.02 Å². The van der Waals surface area contributed by atoms with Crippen molar-refractivity contribution < 1.29 is 4.79 Å². The van der Waals surface area contributed by atoms with E-state index in [1.807, 2.05) is 24.4 Å². The van der Waals surface area contributed by atoms with Crippen LogP contribution in [0, 0.1) is 6.92 Å². The Kier molecular flexibility index (Phi) is 5.24. The van der Waals surface area contributed by atoms with Crippen LogP contribution in [0.25, 0.3) is 17.1 Å². The normalized spacial score (nSPS) is 10.7. The van der Waals surface area contributed by atoms with Gasteiger partial charge in [-0.3, -0.25) is 24.5 Å². The number of benzene rings is 1. The van der Waals surface area contributed by atoms with Gasteiger partial charge < -0.3 is 0 Å². The zero-order chi connectivity index (χ0) is 20.4. The molecule has 0 fully saturated rings. The van der Waals surface area contributed by atoms with E-state index < -0.39 is 0 Å². The minimum absolute atomic E-state index is 0.258. The molecule has 0 unspecified atom stereocenters. The van der Waals surface area contributed by atoms with Crippen LogP contribution in [0.5, 0.6) is 0 Å². The summed E-state index contributed by atoms with van der Waals surface area (Å²) in [6.07, 6.45) is 3.19. The van der Waals surface area contributed by atoms with E-state index in [0.717, 1.165) is 11.3 Å². The Hall–Kier alpha value is -3.29. The fourth-order valence-corrected chi connectivity index (χ4v) is 3.69. The van der Waals surface area contributed by atoms with E-state index in [-0.39, 0.29) is 11.5 Å². The van der Waals surface area contributed by atoms with Gasteiger partial charge in [-0.15, -0.1) is 11.3 Å². The predicted molar refractivity (Wildman–Crippen MR) is 115 cm³/mol. The number of hydrogen-bond donors (Lipinski definition) is 1. The highest BCUT2D eigenvalue weighted by Crippen LogP contribution is 2.25. The topological polar surface area (TPSA) is 76.9 Å². The molecular weight excluding hydrogens is 408 g/mol. The molecule has 0 aliphatic carbocycles. The standard InChI is InChI=1S/C21H15ClN4O2S/c1-13-4-3-9-23-19(13)17-12-29-21(24-17)25-20(28)14-7-8-18(27)26(11-14)16-6-2-5-15(22)10-16/h2-12H,1H3,(H,24,25,28). The van der Waals surface area contributed by atoms with Crippen LogP contribution in [-0.4, -0.2) is 20.4 Å². The number of hydrogen-bond acceptors (Lipinski definition) is 5. The molecule has 3 aromatic heterocycles. The lowest BCUT2D eigenvalue weighted by Crippen LogP contribution is -2.20. The lowest BCUT2D eigenvalue weighted by Gasteiger charge is -2.08. The minimum atomic E-state index is -0.362. The van der Waals surface area contributed by atoms with Crippen molar-refractivity contribution in [3.05, 3.63) is 92.8 Å². The van der Waals surface area contributed by atoms with Crippen molar-refractivity contribution in [3.8, 4) is 17.1 Å². The summed E-state index contributed by atoms with van der Waals surface area (Å²) in [5.74, 6) is -0.362. The van der Waals surface area contributed by atoms with E-state index in [0.29, 0.717) is 27.1 Å². The second kappa shape index (κ2) is 7.98. The van der Waals surface area contributed by atoms with Gasteiger partial charge in [0.2, 0.25) is 0 Å². The molecule has 1 aromatic carbocycles. The highest BCUT2D eigenvalue weighted by molar-refractivity contribution is 7.14. The summed E-state index contributed by atoms with van der Waals surface area (Å²) in [6.45, 7) is 1.96. The van der Waals surface area contributed by atoms with Crippen molar-refractivity contribution in [1.82, 2.24) is 14.5 Å². The second-order valence-electron chi connectivity index (χ2n) is 6.27. The lowest BCUT2D eigenvalue weighted by atomic mass is 10.2. The smallest absolute Gasteiger partial charge is 0.258 e. The molecule has 0 aliphatic rings. The number of pyridine rings is 2. The number of thiazole rings is 1. The van der Waals surface area contributed by atoms with Gasteiger partial charge in [0.05, 0.1) is 16.9 Å². The summed E-state index contributed by atoms with van der Waals surface area (Å²) in [6, 6.07) is 13.5. The second-order valence-corrected chi connectivity index (χ2v) is 7.56. The van der Waals surface area contributed by atoms with Crippen LogP contribution in [0.3, 0.4) is 0 Å². The Morgan fingerprint density at radius 2 is 2.03 bits per heavy atom. The summed E-state index contributed by atoms with van der Waals surface area (Å²) >= 11 is 7.33. The molecule has 0 radical (unpaired) electrons. The van der Waals surface area contributed by atoms with Crippen LogP contribution in [0.15, 0.2) is 71.1 Å². The molecule has 8 heteroatoms. The predicted octanol–water partition coefficient (Wildman–Crippen LogP) is 4.57. The quantitative estimate of drug-likeness (QED) is 0.522. The van der Waals surface area contributed by atoms with Crippen molar-refractivity contribution in [2.45, 2.75) is 6.92 Å². The third kappa shape index (κ3) is 4.11. The number of aromatic nitrogens is 3. The van der Waals surface area contributed by atoms with Crippen molar-refractivity contribution >= 4 is 34.0 Å². The molecule has 0 atom stereocenters.